The first-order valence-electron chi connectivity index (χ1n) is 13.8. The van der Waals surface area contributed by atoms with Crippen LogP contribution >= 0.6 is 0 Å². The Balaban J connectivity index is 1.41. The normalized spacial score (nSPS) is 16.3. The van der Waals surface area contributed by atoms with Gasteiger partial charge in [0.15, 0.2) is 0 Å². The molecule has 7 aromatic rings. The zero-order chi connectivity index (χ0) is 25.6. The smallest absolute Gasteiger partial charge is 0.0165 e. The first-order valence-corrected chi connectivity index (χ1v) is 13.8. The fourth-order valence-corrected chi connectivity index (χ4v) is 8.11. The Kier molecular flexibility index (Phi) is 3.54. The molecular formula is C38H28. The molecule has 0 nitrogen and oxygen atoms in total. The van der Waals surface area contributed by atoms with Crippen LogP contribution in [-0.2, 0) is 10.8 Å². The van der Waals surface area contributed by atoms with E-state index in [1.165, 1.54) is 87.6 Å². The molecule has 0 saturated heterocycles. The van der Waals surface area contributed by atoms with Gasteiger partial charge in [-0.2, -0.15) is 0 Å². The number of hydrogen-bond donors (Lipinski definition) is 0. The Morgan fingerprint density at radius 3 is 1.92 bits per heavy atom. The Hall–Kier alpha value is -4.16. The third kappa shape index (κ3) is 2.26. The van der Waals surface area contributed by atoms with E-state index in [1.54, 1.807) is 0 Å². The second-order valence-electron chi connectivity index (χ2n) is 12.6. The molecule has 0 saturated carbocycles. The quantitative estimate of drug-likeness (QED) is 0.188. The Bertz CT molecular complexity index is 2150. The van der Waals surface area contributed by atoms with Crippen molar-refractivity contribution in [3.05, 3.63) is 119 Å². The molecule has 0 radical (unpaired) electrons. The third-order valence-electron chi connectivity index (χ3n) is 9.94. The topological polar surface area (TPSA) is 0 Å². The summed E-state index contributed by atoms with van der Waals surface area (Å²) in [6, 6.07) is 37.2. The minimum Gasteiger partial charge on any atom is -0.0616 e. The van der Waals surface area contributed by atoms with E-state index < -0.39 is 0 Å². The molecule has 38 heavy (non-hydrogen) atoms. The maximum atomic E-state index is 2.56. The van der Waals surface area contributed by atoms with Crippen LogP contribution in [-0.4, -0.2) is 0 Å². The molecule has 0 fully saturated rings. The summed E-state index contributed by atoms with van der Waals surface area (Å²) in [5, 5.41) is 10.9. The van der Waals surface area contributed by atoms with Crippen molar-refractivity contribution < 1.29 is 0 Å². The molecule has 2 aliphatic rings. The lowest BCUT2D eigenvalue weighted by Gasteiger charge is -2.25. The van der Waals surface area contributed by atoms with E-state index in [1.807, 2.05) is 0 Å². The first kappa shape index (κ1) is 20.8. The average Bonchev–Trinajstić information content (AvgIpc) is 3.30. The zero-order valence-corrected chi connectivity index (χ0v) is 22.2. The molecule has 9 rings (SSSR count). The van der Waals surface area contributed by atoms with E-state index >= 15 is 0 Å². The summed E-state index contributed by atoms with van der Waals surface area (Å²) in [4.78, 5) is 0. The molecule has 0 unspecified atom stereocenters. The predicted octanol–water partition coefficient (Wildman–Crippen LogP) is 10.3. The molecule has 0 atom stereocenters. The summed E-state index contributed by atoms with van der Waals surface area (Å²) in [5.74, 6) is 0. The molecule has 0 aliphatic heterocycles. The fourth-order valence-electron chi connectivity index (χ4n) is 8.11. The van der Waals surface area contributed by atoms with Crippen molar-refractivity contribution in [1.29, 1.82) is 0 Å². The van der Waals surface area contributed by atoms with Gasteiger partial charge < -0.3 is 0 Å². The van der Waals surface area contributed by atoms with E-state index in [0.717, 1.165) is 0 Å². The van der Waals surface area contributed by atoms with Gasteiger partial charge in [0, 0.05) is 10.8 Å². The van der Waals surface area contributed by atoms with Crippen LogP contribution in [0.25, 0.3) is 65.3 Å². The first-order chi connectivity index (χ1) is 18.4. The van der Waals surface area contributed by atoms with Crippen LogP contribution in [0.15, 0.2) is 97.1 Å². The number of hydrogen-bond acceptors (Lipinski definition) is 0. The van der Waals surface area contributed by atoms with Crippen molar-refractivity contribution in [2.45, 2.75) is 38.5 Å². The lowest BCUT2D eigenvalue weighted by Crippen LogP contribution is -2.17. The monoisotopic (exact) mass is 484 g/mol. The van der Waals surface area contributed by atoms with Gasteiger partial charge in [-0.1, -0.05) is 107 Å². The van der Waals surface area contributed by atoms with Gasteiger partial charge in [-0.3, -0.25) is 0 Å². The molecule has 0 aromatic heterocycles. The van der Waals surface area contributed by atoms with Crippen LogP contribution in [0.5, 0.6) is 0 Å². The Morgan fingerprint density at radius 1 is 0.421 bits per heavy atom. The number of benzene rings is 7. The molecule has 0 heteroatoms. The van der Waals surface area contributed by atoms with Crippen molar-refractivity contribution in [3.63, 3.8) is 0 Å². The second-order valence-corrected chi connectivity index (χ2v) is 12.6. The molecule has 0 bridgehead atoms. The molecule has 0 heterocycles. The van der Waals surface area contributed by atoms with Crippen molar-refractivity contribution in [1.82, 2.24) is 0 Å². The highest BCUT2D eigenvalue weighted by atomic mass is 14.5. The van der Waals surface area contributed by atoms with Crippen LogP contribution < -0.4 is 0 Å². The van der Waals surface area contributed by atoms with E-state index in [4.69, 9.17) is 0 Å². The molecule has 0 spiro atoms. The SMILES string of the molecule is CC1(C)c2cc3c(cc2-c2c1cc1ccc4cccc5ccc2c1c45)C(C)(C)c1c-3ccc2ccccc12. The van der Waals surface area contributed by atoms with Crippen molar-refractivity contribution in [3.8, 4) is 22.3 Å². The summed E-state index contributed by atoms with van der Waals surface area (Å²) in [6.45, 7) is 9.68. The maximum absolute atomic E-state index is 2.56. The molecule has 0 amide bonds. The molecule has 180 valence electrons. The number of fused-ring (bicyclic) bond motifs is 9. The summed E-state index contributed by atoms with van der Waals surface area (Å²) < 4.78 is 0. The van der Waals surface area contributed by atoms with Crippen molar-refractivity contribution >= 4 is 43.1 Å². The van der Waals surface area contributed by atoms with Gasteiger partial charge in [0.05, 0.1) is 0 Å². The van der Waals surface area contributed by atoms with Crippen LogP contribution in [0.1, 0.15) is 49.9 Å². The van der Waals surface area contributed by atoms with Crippen LogP contribution in [0.3, 0.4) is 0 Å². The standard InChI is InChI=1S/C38H28/c1-37(2)31-19-28-26-16-14-21-8-5-6-11-25(21)36(26)38(3,4)30(28)20-29(31)35-27-17-15-23-10-7-9-22-12-13-24(18-32(35)37)34(27)33(22)23/h5-20H,1-4H3. The zero-order valence-electron chi connectivity index (χ0n) is 22.2. The lowest BCUT2D eigenvalue weighted by molar-refractivity contribution is 0.655. The highest BCUT2D eigenvalue weighted by Gasteiger charge is 2.43. The van der Waals surface area contributed by atoms with Gasteiger partial charge in [-0.15, -0.1) is 0 Å². The van der Waals surface area contributed by atoms with Gasteiger partial charge >= 0.3 is 0 Å². The lowest BCUT2D eigenvalue weighted by atomic mass is 9.78. The van der Waals surface area contributed by atoms with Crippen LogP contribution in [0.2, 0.25) is 0 Å². The molecule has 2 aliphatic carbocycles. The van der Waals surface area contributed by atoms with Gasteiger partial charge in [0.1, 0.15) is 0 Å². The van der Waals surface area contributed by atoms with Crippen LogP contribution in [0.4, 0.5) is 0 Å². The average molecular weight is 485 g/mol. The van der Waals surface area contributed by atoms with E-state index in [9.17, 15) is 0 Å². The van der Waals surface area contributed by atoms with E-state index in [2.05, 4.69) is 125 Å². The van der Waals surface area contributed by atoms with Crippen molar-refractivity contribution in [2.75, 3.05) is 0 Å². The summed E-state index contributed by atoms with van der Waals surface area (Å²) in [5.41, 5.74) is 11.4. The third-order valence-corrected chi connectivity index (χ3v) is 9.94. The highest BCUT2D eigenvalue weighted by Crippen LogP contribution is 2.59. The van der Waals surface area contributed by atoms with Crippen LogP contribution in [0, 0.1) is 0 Å². The predicted molar refractivity (Wildman–Crippen MR) is 163 cm³/mol. The highest BCUT2D eigenvalue weighted by molar-refractivity contribution is 6.26. The Morgan fingerprint density at radius 2 is 1.08 bits per heavy atom. The molecule has 7 aromatic carbocycles. The van der Waals surface area contributed by atoms with Gasteiger partial charge in [0.25, 0.3) is 0 Å². The van der Waals surface area contributed by atoms with E-state index in [-0.39, 0.29) is 10.8 Å². The van der Waals surface area contributed by atoms with E-state index in [0.29, 0.717) is 0 Å². The van der Waals surface area contributed by atoms with Gasteiger partial charge in [0.2, 0.25) is 0 Å². The van der Waals surface area contributed by atoms with Crippen molar-refractivity contribution in [2.24, 2.45) is 0 Å². The largest absolute Gasteiger partial charge is 0.0616 e. The summed E-state index contributed by atoms with van der Waals surface area (Å²) in [6.07, 6.45) is 0. The summed E-state index contributed by atoms with van der Waals surface area (Å²) in [7, 11) is 0. The Labute approximate surface area is 222 Å². The summed E-state index contributed by atoms with van der Waals surface area (Å²) >= 11 is 0. The fraction of sp³-hybridized carbons (Fsp3) is 0.158. The molecule has 0 N–H and O–H groups in total. The maximum Gasteiger partial charge on any atom is 0.0165 e. The minimum atomic E-state index is -0.0616. The van der Waals surface area contributed by atoms with Gasteiger partial charge in [-0.05, 0) is 106 Å². The second kappa shape index (κ2) is 6.45. The van der Waals surface area contributed by atoms with Gasteiger partial charge in [-0.25, -0.2) is 0 Å². The minimum absolute atomic E-state index is 0.0583. The molecular weight excluding hydrogens is 456 g/mol. The number of rotatable bonds is 0.